The number of benzene rings is 1. The largest absolute Gasteiger partial charge is 0.352 e. The number of hydrogen-bond acceptors (Lipinski definition) is 5. The molecule has 3 aromatic rings. The molecule has 5 rings (SSSR count). The third-order valence-corrected chi connectivity index (χ3v) is 8.70. The molecule has 0 saturated carbocycles. The highest BCUT2D eigenvalue weighted by Crippen LogP contribution is 2.40. The quantitative estimate of drug-likeness (QED) is 0.425. The summed E-state index contributed by atoms with van der Waals surface area (Å²) in [5, 5.41) is 1.30. The molecule has 1 fully saturated rings. The van der Waals surface area contributed by atoms with Crippen LogP contribution in [-0.4, -0.2) is 47.0 Å². The predicted octanol–water partition coefficient (Wildman–Crippen LogP) is 5.76. The zero-order valence-corrected chi connectivity index (χ0v) is 21.4. The summed E-state index contributed by atoms with van der Waals surface area (Å²) in [4.78, 5) is 30.3. The molecule has 0 bridgehead atoms. The summed E-state index contributed by atoms with van der Waals surface area (Å²) in [5.74, 6) is 2.71. The highest BCUT2D eigenvalue weighted by molar-refractivity contribution is 7.19. The highest BCUT2D eigenvalue weighted by Gasteiger charge is 2.27. The van der Waals surface area contributed by atoms with Crippen molar-refractivity contribution in [1.29, 1.82) is 0 Å². The van der Waals surface area contributed by atoms with Gasteiger partial charge in [0.2, 0.25) is 5.91 Å². The lowest BCUT2D eigenvalue weighted by molar-refractivity contribution is -0.131. The number of rotatable bonds is 6. The summed E-state index contributed by atoms with van der Waals surface area (Å²) in [5.41, 5.74) is 2.73. The van der Waals surface area contributed by atoms with Crippen LogP contribution in [0.3, 0.4) is 0 Å². The molecule has 2 aromatic heterocycles. The Bertz CT molecular complexity index is 1130. The number of amides is 1. The average molecular weight is 477 g/mol. The average Bonchev–Trinajstić information content (AvgIpc) is 3.07. The molecule has 3 heterocycles. The Morgan fingerprint density at radius 1 is 1.03 bits per heavy atom. The second-order valence-corrected chi connectivity index (χ2v) is 10.9. The molecule has 1 saturated heterocycles. The minimum Gasteiger partial charge on any atom is -0.352 e. The number of hydrogen-bond donors (Lipinski definition) is 0. The van der Waals surface area contributed by atoms with E-state index in [0.717, 1.165) is 57.1 Å². The Hall–Kier alpha value is -2.47. The molecule has 5 nitrogen and oxygen atoms in total. The fraction of sp³-hybridized carbons (Fsp3) is 0.536. The standard InChI is InChI=1S/C28H36N4OS/c1-3-20(2)26-29-27(25-22-12-8-5-9-13-23(22)34-28(25)30-26)32-18-16-31(17-19-32)24(33)15-14-21-10-6-4-7-11-21/h4,6-7,10-11,20H,3,5,8-9,12-19H2,1-2H3. The number of nitrogens with zero attached hydrogens (tertiary/aromatic N) is 4. The molecule has 1 atom stereocenters. The number of anilines is 1. The first-order valence-electron chi connectivity index (χ1n) is 13.0. The molecule has 0 radical (unpaired) electrons. The Balaban J connectivity index is 1.35. The van der Waals surface area contributed by atoms with Gasteiger partial charge < -0.3 is 9.80 Å². The summed E-state index contributed by atoms with van der Waals surface area (Å²) in [6, 6.07) is 10.3. The molecular weight excluding hydrogens is 440 g/mol. The van der Waals surface area contributed by atoms with E-state index in [1.165, 1.54) is 51.9 Å². The zero-order chi connectivity index (χ0) is 23.5. The van der Waals surface area contributed by atoms with Crippen molar-refractivity contribution in [3.8, 4) is 0 Å². The first-order chi connectivity index (χ1) is 16.6. The summed E-state index contributed by atoms with van der Waals surface area (Å²) in [6.07, 6.45) is 8.61. The van der Waals surface area contributed by atoms with E-state index in [4.69, 9.17) is 9.97 Å². The van der Waals surface area contributed by atoms with Crippen molar-refractivity contribution < 1.29 is 4.79 Å². The highest BCUT2D eigenvalue weighted by atomic mass is 32.1. The normalized spacial score (nSPS) is 17.5. The van der Waals surface area contributed by atoms with Crippen LogP contribution in [0.1, 0.15) is 73.7 Å². The van der Waals surface area contributed by atoms with Gasteiger partial charge in [-0.25, -0.2) is 9.97 Å². The molecule has 1 aromatic carbocycles. The molecule has 2 aliphatic rings. The van der Waals surface area contributed by atoms with E-state index in [-0.39, 0.29) is 5.91 Å². The van der Waals surface area contributed by atoms with Crippen molar-refractivity contribution in [3.63, 3.8) is 0 Å². The van der Waals surface area contributed by atoms with E-state index in [1.54, 1.807) is 0 Å². The molecule has 1 amide bonds. The van der Waals surface area contributed by atoms with Gasteiger partial charge in [-0.2, -0.15) is 0 Å². The van der Waals surface area contributed by atoms with E-state index >= 15 is 0 Å². The van der Waals surface area contributed by atoms with Crippen LogP contribution in [0, 0.1) is 0 Å². The number of carbonyl (C=O) groups excluding carboxylic acids is 1. The Morgan fingerprint density at radius 3 is 2.56 bits per heavy atom. The fourth-order valence-electron chi connectivity index (χ4n) is 5.18. The van der Waals surface area contributed by atoms with E-state index in [2.05, 4.69) is 30.9 Å². The third-order valence-electron chi connectivity index (χ3n) is 7.52. The lowest BCUT2D eigenvalue weighted by atomic mass is 10.1. The minimum absolute atomic E-state index is 0.265. The number of aromatic nitrogens is 2. The SMILES string of the molecule is CCC(C)c1nc(N2CCN(C(=O)CCc3ccccc3)CC2)c2c3c(sc2n1)CCCCC3. The maximum atomic E-state index is 12.9. The van der Waals surface area contributed by atoms with Crippen LogP contribution < -0.4 is 4.90 Å². The van der Waals surface area contributed by atoms with Crippen molar-refractivity contribution in [2.45, 2.75) is 71.1 Å². The van der Waals surface area contributed by atoms with E-state index in [0.29, 0.717) is 12.3 Å². The lowest BCUT2D eigenvalue weighted by Crippen LogP contribution is -2.49. The summed E-state index contributed by atoms with van der Waals surface area (Å²) in [7, 11) is 0. The second kappa shape index (κ2) is 10.4. The summed E-state index contributed by atoms with van der Waals surface area (Å²) in [6.45, 7) is 7.66. The number of carbonyl (C=O) groups is 1. The molecule has 1 unspecified atom stereocenters. The summed E-state index contributed by atoms with van der Waals surface area (Å²) < 4.78 is 0. The number of fused-ring (bicyclic) bond motifs is 3. The maximum absolute atomic E-state index is 12.9. The van der Waals surface area contributed by atoms with E-state index in [1.807, 2.05) is 34.4 Å². The predicted molar refractivity (Wildman–Crippen MR) is 141 cm³/mol. The summed E-state index contributed by atoms with van der Waals surface area (Å²) >= 11 is 1.90. The first kappa shape index (κ1) is 23.3. The van der Waals surface area contributed by atoms with Crippen LogP contribution >= 0.6 is 11.3 Å². The van der Waals surface area contributed by atoms with Crippen molar-refractivity contribution in [3.05, 3.63) is 52.2 Å². The van der Waals surface area contributed by atoms with Gasteiger partial charge in [0.05, 0.1) is 5.39 Å². The molecule has 1 aliphatic heterocycles. The van der Waals surface area contributed by atoms with E-state index < -0.39 is 0 Å². The molecule has 6 heteroatoms. The number of thiophene rings is 1. The molecule has 1 aliphatic carbocycles. The molecule has 0 N–H and O–H groups in total. The van der Waals surface area contributed by atoms with Crippen LogP contribution in [0.15, 0.2) is 30.3 Å². The van der Waals surface area contributed by atoms with Crippen LogP contribution in [0.4, 0.5) is 5.82 Å². The van der Waals surface area contributed by atoms with Crippen molar-refractivity contribution >= 4 is 33.3 Å². The van der Waals surface area contributed by atoms with Crippen LogP contribution in [-0.2, 0) is 24.1 Å². The molecule has 180 valence electrons. The Kier molecular flexibility index (Phi) is 7.14. The van der Waals surface area contributed by atoms with Crippen molar-refractivity contribution in [1.82, 2.24) is 14.9 Å². The van der Waals surface area contributed by atoms with Gasteiger partial charge >= 0.3 is 0 Å². The smallest absolute Gasteiger partial charge is 0.223 e. The van der Waals surface area contributed by atoms with Gasteiger partial charge in [-0.15, -0.1) is 11.3 Å². The third kappa shape index (κ3) is 4.83. The Labute approximate surface area is 207 Å². The Morgan fingerprint density at radius 2 is 1.79 bits per heavy atom. The van der Waals surface area contributed by atoms with Gasteiger partial charge in [0.25, 0.3) is 0 Å². The van der Waals surface area contributed by atoms with Crippen LogP contribution in [0.25, 0.3) is 10.2 Å². The molecule has 0 spiro atoms. The lowest BCUT2D eigenvalue weighted by Gasteiger charge is -2.36. The van der Waals surface area contributed by atoms with E-state index in [9.17, 15) is 4.79 Å². The van der Waals surface area contributed by atoms with Gasteiger partial charge in [0.1, 0.15) is 16.5 Å². The maximum Gasteiger partial charge on any atom is 0.223 e. The second-order valence-electron chi connectivity index (χ2n) is 9.81. The number of aryl methyl sites for hydroxylation is 3. The topological polar surface area (TPSA) is 49.3 Å². The minimum atomic E-state index is 0.265. The van der Waals surface area contributed by atoms with Crippen LogP contribution in [0.2, 0.25) is 0 Å². The molecule has 34 heavy (non-hydrogen) atoms. The molecular formula is C28H36N4OS. The van der Waals surface area contributed by atoms with Gasteiger partial charge in [0.15, 0.2) is 0 Å². The fourth-order valence-corrected chi connectivity index (χ4v) is 6.45. The van der Waals surface area contributed by atoms with Crippen molar-refractivity contribution in [2.75, 3.05) is 31.1 Å². The number of piperazine rings is 1. The van der Waals surface area contributed by atoms with Gasteiger partial charge in [0, 0.05) is 43.4 Å². The van der Waals surface area contributed by atoms with Gasteiger partial charge in [-0.05, 0) is 49.7 Å². The first-order valence-corrected chi connectivity index (χ1v) is 13.8. The van der Waals surface area contributed by atoms with Gasteiger partial charge in [-0.3, -0.25) is 4.79 Å². The van der Waals surface area contributed by atoms with Gasteiger partial charge in [-0.1, -0.05) is 50.6 Å². The monoisotopic (exact) mass is 476 g/mol. The van der Waals surface area contributed by atoms with Crippen LogP contribution in [0.5, 0.6) is 0 Å². The van der Waals surface area contributed by atoms with Crippen molar-refractivity contribution in [2.24, 2.45) is 0 Å². The zero-order valence-electron chi connectivity index (χ0n) is 20.6.